The quantitative estimate of drug-likeness (QED) is 0.766. The van der Waals surface area contributed by atoms with Gasteiger partial charge in [-0.3, -0.25) is 0 Å². The molecule has 0 aromatic rings. The molecule has 0 aromatic heterocycles. The monoisotopic (exact) mass is 213 g/mol. The van der Waals surface area contributed by atoms with Gasteiger partial charge in [0.1, 0.15) is 0 Å². The van der Waals surface area contributed by atoms with Gasteiger partial charge < -0.3 is 14.7 Å². The summed E-state index contributed by atoms with van der Waals surface area (Å²) in [5, 5.41) is 9.78. The van der Waals surface area contributed by atoms with E-state index in [4.69, 9.17) is 4.74 Å². The highest BCUT2D eigenvalue weighted by Crippen LogP contribution is 2.27. The van der Waals surface area contributed by atoms with Crippen LogP contribution in [0.2, 0.25) is 0 Å². The van der Waals surface area contributed by atoms with Crippen LogP contribution in [0.15, 0.2) is 0 Å². The maximum absolute atomic E-state index is 9.78. The van der Waals surface area contributed by atoms with Crippen LogP contribution >= 0.6 is 0 Å². The van der Waals surface area contributed by atoms with Gasteiger partial charge in [-0.05, 0) is 38.1 Å². The van der Waals surface area contributed by atoms with E-state index >= 15 is 0 Å². The molecule has 15 heavy (non-hydrogen) atoms. The van der Waals surface area contributed by atoms with Crippen molar-refractivity contribution in [2.75, 3.05) is 26.7 Å². The van der Waals surface area contributed by atoms with Crippen LogP contribution in [0.5, 0.6) is 0 Å². The van der Waals surface area contributed by atoms with E-state index < -0.39 is 0 Å². The molecule has 1 N–H and O–H groups in total. The van der Waals surface area contributed by atoms with Crippen molar-refractivity contribution in [3.05, 3.63) is 0 Å². The molecule has 0 amide bonds. The minimum atomic E-state index is -0.0482. The molecule has 1 saturated carbocycles. The number of piperidine rings is 1. The Hall–Kier alpha value is -0.120. The van der Waals surface area contributed by atoms with Crippen LogP contribution < -0.4 is 0 Å². The van der Waals surface area contributed by atoms with Gasteiger partial charge >= 0.3 is 0 Å². The van der Waals surface area contributed by atoms with Crippen molar-refractivity contribution in [1.82, 2.24) is 4.90 Å². The largest absolute Gasteiger partial charge is 0.393 e. The predicted molar refractivity (Wildman–Crippen MR) is 59.8 cm³/mol. The summed E-state index contributed by atoms with van der Waals surface area (Å²) >= 11 is 0. The Balaban J connectivity index is 1.78. The van der Waals surface area contributed by atoms with E-state index in [2.05, 4.69) is 4.90 Å². The Kier molecular flexibility index (Phi) is 4.00. The zero-order chi connectivity index (χ0) is 10.7. The molecular formula is C12H23NO2. The van der Waals surface area contributed by atoms with Crippen molar-refractivity contribution in [1.29, 1.82) is 0 Å². The van der Waals surface area contributed by atoms with Gasteiger partial charge in [0.05, 0.1) is 12.2 Å². The number of hydrogen-bond donors (Lipinski definition) is 1. The zero-order valence-electron chi connectivity index (χ0n) is 9.69. The lowest BCUT2D eigenvalue weighted by Gasteiger charge is -2.34. The molecule has 2 rings (SSSR count). The summed E-state index contributed by atoms with van der Waals surface area (Å²) < 4.78 is 5.41. The van der Waals surface area contributed by atoms with E-state index in [1.54, 1.807) is 7.11 Å². The highest BCUT2D eigenvalue weighted by molar-refractivity contribution is 4.82. The summed E-state index contributed by atoms with van der Waals surface area (Å²) in [5.41, 5.74) is 0. The maximum Gasteiger partial charge on any atom is 0.0698 e. The summed E-state index contributed by atoms with van der Waals surface area (Å²) in [6.07, 6.45) is 6.21. The number of rotatable bonds is 3. The third kappa shape index (κ3) is 2.92. The second-order valence-electron chi connectivity index (χ2n) is 5.02. The first-order chi connectivity index (χ1) is 7.29. The SMILES string of the molecule is COC1CCCN(CC2CCCC2O)C1. The second-order valence-corrected chi connectivity index (χ2v) is 5.02. The summed E-state index contributed by atoms with van der Waals surface area (Å²) in [7, 11) is 1.80. The molecular weight excluding hydrogens is 190 g/mol. The normalized spacial score (nSPS) is 38.4. The number of aliphatic hydroxyl groups is 1. The number of hydrogen-bond acceptors (Lipinski definition) is 3. The lowest BCUT2D eigenvalue weighted by atomic mass is 10.0. The first-order valence-electron chi connectivity index (χ1n) is 6.23. The molecule has 3 heteroatoms. The zero-order valence-corrected chi connectivity index (χ0v) is 9.69. The van der Waals surface area contributed by atoms with Crippen molar-refractivity contribution in [2.24, 2.45) is 5.92 Å². The van der Waals surface area contributed by atoms with E-state index in [9.17, 15) is 5.11 Å². The maximum atomic E-state index is 9.78. The third-order valence-electron chi connectivity index (χ3n) is 3.91. The molecule has 3 nitrogen and oxygen atoms in total. The summed E-state index contributed by atoms with van der Waals surface area (Å²) in [6.45, 7) is 3.31. The van der Waals surface area contributed by atoms with Crippen LogP contribution in [-0.4, -0.2) is 49.0 Å². The van der Waals surface area contributed by atoms with Crippen molar-refractivity contribution >= 4 is 0 Å². The third-order valence-corrected chi connectivity index (χ3v) is 3.91. The number of ether oxygens (including phenoxy) is 1. The van der Waals surface area contributed by atoms with Gasteiger partial charge in [-0.25, -0.2) is 0 Å². The lowest BCUT2D eigenvalue weighted by Crippen LogP contribution is -2.42. The molecule has 3 unspecified atom stereocenters. The topological polar surface area (TPSA) is 32.7 Å². The van der Waals surface area contributed by atoms with E-state index in [-0.39, 0.29) is 6.10 Å². The van der Waals surface area contributed by atoms with Crippen molar-refractivity contribution < 1.29 is 9.84 Å². The van der Waals surface area contributed by atoms with Crippen molar-refractivity contribution in [2.45, 2.75) is 44.3 Å². The number of nitrogens with zero attached hydrogens (tertiary/aromatic N) is 1. The van der Waals surface area contributed by atoms with Gasteiger partial charge in [-0.15, -0.1) is 0 Å². The first kappa shape index (κ1) is 11.4. The number of aliphatic hydroxyl groups excluding tert-OH is 1. The highest BCUT2D eigenvalue weighted by Gasteiger charge is 2.29. The molecule has 0 aromatic carbocycles. The summed E-state index contributed by atoms with van der Waals surface area (Å²) in [6, 6.07) is 0. The highest BCUT2D eigenvalue weighted by atomic mass is 16.5. The number of methoxy groups -OCH3 is 1. The second kappa shape index (κ2) is 5.28. The molecule has 1 heterocycles. The standard InChI is InChI=1S/C12H23NO2/c1-15-11-5-3-7-13(9-11)8-10-4-2-6-12(10)14/h10-12,14H,2-9H2,1H3. The molecule has 0 spiro atoms. The van der Waals surface area contributed by atoms with Gasteiger partial charge in [0.15, 0.2) is 0 Å². The summed E-state index contributed by atoms with van der Waals surface area (Å²) in [4.78, 5) is 2.47. The molecule has 88 valence electrons. The molecule has 2 fully saturated rings. The fraction of sp³-hybridized carbons (Fsp3) is 1.00. The van der Waals surface area contributed by atoms with E-state index in [0.29, 0.717) is 12.0 Å². The number of likely N-dealkylation sites (tertiary alicyclic amines) is 1. The molecule has 1 aliphatic heterocycles. The Bertz CT molecular complexity index is 198. The van der Waals surface area contributed by atoms with Gasteiger partial charge in [0.2, 0.25) is 0 Å². The molecule has 0 radical (unpaired) electrons. The van der Waals surface area contributed by atoms with Gasteiger partial charge in [0, 0.05) is 20.2 Å². The van der Waals surface area contributed by atoms with Crippen molar-refractivity contribution in [3.63, 3.8) is 0 Å². The minimum Gasteiger partial charge on any atom is -0.393 e. The Morgan fingerprint density at radius 1 is 1.27 bits per heavy atom. The van der Waals surface area contributed by atoms with Gasteiger partial charge in [0.25, 0.3) is 0 Å². The minimum absolute atomic E-state index is 0.0482. The molecule has 1 saturated heterocycles. The Labute approximate surface area is 92.4 Å². The molecule has 3 atom stereocenters. The molecule has 1 aliphatic carbocycles. The average molecular weight is 213 g/mol. The van der Waals surface area contributed by atoms with Crippen molar-refractivity contribution in [3.8, 4) is 0 Å². The fourth-order valence-corrected chi connectivity index (χ4v) is 2.93. The Morgan fingerprint density at radius 2 is 2.13 bits per heavy atom. The fourth-order valence-electron chi connectivity index (χ4n) is 2.93. The van der Waals surface area contributed by atoms with Crippen LogP contribution in [-0.2, 0) is 4.74 Å². The van der Waals surface area contributed by atoms with E-state index in [0.717, 1.165) is 19.5 Å². The van der Waals surface area contributed by atoms with Crippen LogP contribution in [0.25, 0.3) is 0 Å². The van der Waals surface area contributed by atoms with Crippen LogP contribution in [0.4, 0.5) is 0 Å². The summed E-state index contributed by atoms with van der Waals surface area (Å²) in [5.74, 6) is 0.514. The van der Waals surface area contributed by atoms with Crippen LogP contribution in [0, 0.1) is 5.92 Å². The molecule has 2 aliphatic rings. The lowest BCUT2D eigenvalue weighted by molar-refractivity contribution is 0.0161. The molecule has 0 bridgehead atoms. The smallest absolute Gasteiger partial charge is 0.0698 e. The van der Waals surface area contributed by atoms with E-state index in [1.807, 2.05) is 0 Å². The van der Waals surface area contributed by atoms with Gasteiger partial charge in [-0.2, -0.15) is 0 Å². The van der Waals surface area contributed by atoms with Crippen LogP contribution in [0.3, 0.4) is 0 Å². The first-order valence-corrected chi connectivity index (χ1v) is 6.23. The predicted octanol–water partition coefficient (Wildman–Crippen LogP) is 1.26. The van der Waals surface area contributed by atoms with Gasteiger partial charge in [-0.1, -0.05) is 6.42 Å². The Morgan fingerprint density at radius 3 is 2.80 bits per heavy atom. The van der Waals surface area contributed by atoms with E-state index in [1.165, 1.54) is 32.2 Å². The van der Waals surface area contributed by atoms with Crippen LogP contribution in [0.1, 0.15) is 32.1 Å². The average Bonchev–Trinajstić information content (AvgIpc) is 2.65.